The Morgan fingerprint density at radius 2 is 2.37 bits per heavy atom. The third kappa shape index (κ3) is 2.85. The number of halogens is 1. The Bertz CT molecular complexity index is 579. The van der Waals surface area contributed by atoms with E-state index >= 15 is 0 Å². The van der Waals surface area contributed by atoms with E-state index in [1.54, 1.807) is 23.5 Å². The minimum Gasteiger partial charge on any atom is -0.310 e. The van der Waals surface area contributed by atoms with E-state index in [0.717, 1.165) is 37.1 Å². The average Bonchev–Trinajstić information content (AvgIpc) is 2.96. The topological polar surface area (TPSA) is 24.9 Å². The molecule has 0 saturated heterocycles. The third-order valence-corrected chi connectivity index (χ3v) is 4.61. The summed E-state index contributed by atoms with van der Waals surface area (Å²) in [6.07, 6.45) is 3.00. The van der Waals surface area contributed by atoms with Crippen molar-refractivity contribution in [2.24, 2.45) is 0 Å². The summed E-state index contributed by atoms with van der Waals surface area (Å²) < 4.78 is 13.1. The van der Waals surface area contributed by atoms with Gasteiger partial charge in [-0.2, -0.15) is 0 Å². The highest BCUT2D eigenvalue weighted by Gasteiger charge is 2.21. The molecule has 1 aromatic heterocycles. The fraction of sp³-hybridized carbons (Fsp3) is 0.400. The van der Waals surface area contributed by atoms with Gasteiger partial charge in [-0.25, -0.2) is 9.37 Å². The van der Waals surface area contributed by atoms with E-state index in [1.165, 1.54) is 10.6 Å². The smallest absolute Gasteiger partial charge is 0.123 e. The monoisotopic (exact) mass is 276 g/mol. The number of aromatic nitrogens is 1. The fourth-order valence-electron chi connectivity index (χ4n) is 2.67. The zero-order valence-corrected chi connectivity index (χ0v) is 11.8. The molecule has 0 amide bonds. The number of rotatable bonds is 4. The minimum atomic E-state index is -0.127. The van der Waals surface area contributed by atoms with Crippen molar-refractivity contribution in [3.8, 4) is 0 Å². The molecule has 19 heavy (non-hydrogen) atoms. The van der Waals surface area contributed by atoms with Gasteiger partial charge in [0.05, 0.1) is 5.01 Å². The highest BCUT2D eigenvalue weighted by molar-refractivity contribution is 7.09. The van der Waals surface area contributed by atoms with Crippen LogP contribution in [0.15, 0.2) is 23.6 Å². The summed E-state index contributed by atoms with van der Waals surface area (Å²) in [6.45, 7) is 2.95. The van der Waals surface area contributed by atoms with Gasteiger partial charge < -0.3 is 5.32 Å². The van der Waals surface area contributed by atoms with Crippen molar-refractivity contribution in [1.82, 2.24) is 10.3 Å². The van der Waals surface area contributed by atoms with Gasteiger partial charge in [0.1, 0.15) is 5.82 Å². The molecule has 1 N–H and O–H groups in total. The van der Waals surface area contributed by atoms with Crippen LogP contribution >= 0.6 is 11.3 Å². The van der Waals surface area contributed by atoms with Gasteiger partial charge >= 0.3 is 0 Å². The van der Waals surface area contributed by atoms with Crippen molar-refractivity contribution in [2.45, 2.75) is 32.2 Å². The van der Waals surface area contributed by atoms with Crippen molar-refractivity contribution < 1.29 is 4.39 Å². The number of thiazole rings is 1. The van der Waals surface area contributed by atoms with Crippen LogP contribution < -0.4 is 5.32 Å². The molecule has 1 aliphatic carbocycles. The molecule has 1 unspecified atom stereocenters. The van der Waals surface area contributed by atoms with Crippen molar-refractivity contribution >= 4 is 11.3 Å². The van der Waals surface area contributed by atoms with E-state index in [4.69, 9.17) is 0 Å². The van der Waals surface area contributed by atoms with Crippen LogP contribution in [0.4, 0.5) is 4.39 Å². The lowest BCUT2D eigenvalue weighted by molar-refractivity contribution is 0.533. The fourth-order valence-corrected chi connectivity index (χ4v) is 3.44. The van der Waals surface area contributed by atoms with Gasteiger partial charge in [0.2, 0.25) is 0 Å². The summed E-state index contributed by atoms with van der Waals surface area (Å²) in [7, 11) is 0. The van der Waals surface area contributed by atoms with Crippen LogP contribution in [0, 0.1) is 12.7 Å². The van der Waals surface area contributed by atoms with E-state index < -0.39 is 0 Å². The van der Waals surface area contributed by atoms with Crippen LogP contribution in [0.25, 0.3) is 0 Å². The summed E-state index contributed by atoms with van der Waals surface area (Å²) in [6, 6.07) is 5.52. The van der Waals surface area contributed by atoms with Crippen LogP contribution in [0.5, 0.6) is 0 Å². The largest absolute Gasteiger partial charge is 0.310 e. The van der Waals surface area contributed by atoms with Crippen molar-refractivity contribution in [1.29, 1.82) is 0 Å². The highest BCUT2D eigenvalue weighted by atomic mass is 32.1. The lowest BCUT2D eigenvalue weighted by Gasteiger charge is -2.13. The van der Waals surface area contributed by atoms with Gasteiger partial charge in [0.25, 0.3) is 0 Å². The first-order valence-electron chi connectivity index (χ1n) is 6.65. The molecule has 4 heteroatoms. The summed E-state index contributed by atoms with van der Waals surface area (Å²) in [5, 5.41) is 6.83. The van der Waals surface area contributed by atoms with Crippen molar-refractivity contribution in [3.05, 3.63) is 51.2 Å². The molecule has 3 rings (SSSR count). The summed E-state index contributed by atoms with van der Waals surface area (Å²) >= 11 is 1.72. The van der Waals surface area contributed by atoms with E-state index in [0.29, 0.717) is 6.04 Å². The number of hydrogen-bond donors (Lipinski definition) is 1. The molecule has 1 aromatic carbocycles. The van der Waals surface area contributed by atoms with Gasteiger partial charge in [-0.1, -0.05) is 6.07 Å². The van der Waals surface area contributed by atoms with E-state index in [9.17, 15) is 4.39 Å². The van der Waals surface area contributed by atoms with Crippen molar-refractivity contribution in [2.75, 3.05) is 6.54 Å². The minimum absolute atomic E-state index is 0.127. The lowest BCUT2D eigenvalue weighted by atomic mass is 10.1. The summed E-state index contributed by atoms with van der Waals surface area (Å²) in [4.78, 5) is 4.46. The molecular weight excluding hydrogens is 259 g/mol. The SMILES string of the molecule is Cc1csc(CCNC2CCc3cc(F)ccc32)n1. The average molecular weight is 276 g/mol. The van der Waals surface area contributed by atoms with E-state index in [2.05, 4.69) is 15.7 Å². The highest BCUT2D eigenvalue weighted by Crippen LogP contribution is 2.31. The van der Waals surface area contributed by atoms with Crippen LogP contribution in [0.2, 0.25) is 0 Å². The second kappa shape index (κ2) is 5.39. The zero-order valence-electron chi connectivity index (χ0n) is 10.9. The molecule has 0 radical (unpaired) electrons. The normalized spacial score (nSPS) is 17.7. The van der Waals surface area contributed by atoms with E-state index in [1.807, 2.05) is 13.0 Å². The second-order valence-corrected chi connectivity index (χ2v) is 5.96. The lowest BCUT2D eigenvalue weighted by Crippen LogP contribution is -2.21. The summed E-state index contributed by atoms with van der Waals surface area (Å²) in [5.41, 5.74) is 3.51. The molecule has 2 aromatic rings. The predicted molar refractivity (Wildman–Crippen MR) is 76.0 cm³/mol. The molecule has 0 spiro atoms. The first kappa shape index (κ1) is 12.8. The Morgan fingerprint density at radius 1 is 1.47 bits per heavy atom. The van der Waals surface area contributed by atoms with Crippen LogP contribution in [-0.2, 0) is 12.8 Å². The maximum absolute atomic E-state index is 13.1. The molecule has 0 aliphatic heterocycles. The first-order chi connectivity index (χ1) is 9.22. The molecule has 0 fully saturated rings. The molecule has 1 heterocycles. The Morgan fingerprint density at radius 3 is 3.16 bits per heavy atom. The predicted octanol–water partition coefficient (Wildman–Crippen LogP) is 3.41. The summed E-state index contributed by atoms with van der Waals surface area (Å²) in [5.74, 6) is -0.127. The van der Waals surface area contributed by atoms with Crippen molar-refractivity contribution in [3.63, 3.8) is 0 Å². The zero-order chi connectivity index (χ0) is 13.2. The maximum Gasteiger partial charge on any atom is 0.123 e. The molecular formula is C15H17FN2S. The quantitative estimate of drug-likeness (QED) is 0.925. The molecule has 100 valence electrons. The number of aryl methyl sites for hydroxylation is 2. The van der Waals surface area contributed by atoms with Gasteiger partial charge in [0, 0.05) is 30.1 Å². The number of nitrogens with zero attached hydrogens (tertiary/aromatic N) is 1. The molecule has 0 bridgehead atoms. The van der Waals surface area contributed by atoms with Gasteiger partial charge in [-0.3, -0.25) is 0 Å². The van der Waals surface area contributed by atoms with E-state index in [-0.39, 0.29) is 5.82 Å². The molecule has 1 atom stereocenters. The maximum atomic E-state index is 13.1. The number of fused-ring (bicyclic) bond motifs is 1. The first-order valence-corrected chi connectivity index (χ1v) is 7.53. The molecule has 2 nitrogen and oxygen atoms in total. The van der Waals surface area contributed by atoms with Crippen LogP contribution in [0.1, 0.15) is 34.3 Å². The Kier molecular flexibility index (Phi) is 3.62. The Labute approximate surface area is 116 Å². The van der Waals surface area contributed by atoms with Gasteiger partial charge in [0.15, 0.2) is 0 Å². The van der Waals surface area contributed by atoms with Crippen LogP contribution in [0.3, 0.4) is 0 Å². The number of nitrogens with one attached hydrogen (secondary N) is 1. The molecule has 0 saturated carbocycles. The van der Waals surface area contributed by atoms with Gasteiger partial charge in [-0.15, -0.1) is 11.3 Å². The Balaban J connectivity index is 1.58. The number of hydrogen-bond acceptors (Lipinski definition) is 3. The van der Waals surface area contributed by atoms with Gasteiger partial charge in [-0.05, 0) is 43.0 Å². The number of benzene rings is 1. The third-order valence-electron chi connectivity index (χ3n) is 3.58. The van der Waals surface area contributed by atoms with Crippen LogP contribution in [-0.4, -0.2) is 11.5 Å². The molecule has 1 aliphatic rings. The Hall–Kier alpha value is -1.26. The second-order valence-electron chi connectivity index (χ2n) is 5.02. The standard InChI is InChI=1S/C15H17FN2S/c1-10-9-19-15(18-10)6-7-17-14-5-2-11-8-12(16)3-4-13(11)14/h3-4,8-9,14,17H,2,5-7H2,1H3.